The lowest BCUT2D eigenvalue weighted by Crippen LogP contribution is -2.34. The second-order valence-corrected chi connectivity index (χ2v) is 7.83. The summed E-state index contributed by atoms with van der Waals surface area (Å²) in [5.41, 5.74) is 20.2. The average Bonchev–Trinajstić information content (AvgIpc) is 3.28. The Bertz CT molecular complexity index is 1080. The van der Waals surface area contributed by atoms with Crippen molar-refractivity contribution >= 4 is 41.1 Å². The van der Waals surface area contributed by atoms with Crippen LogP contribution in [0.5, 0.6) is 0 Å². The van der Waals surface area contributed by atoms with E-state index in [1.165, 1.54) is 13.2 Å². The maximum absolute atomic E-state index is 11.1. The summed E-state index contributed by atoms with van der Waals surface area (Å²) in [5.74, 6) is -0.203. The SMILES string of the molecule is CONc1cc(C2=NC(SCC(=O)N=O)NN2)cc(-c2ccc(/C(N)=C/C=N)cc2)c1C. The fourth-order valence-corrected chi connectivity index (χ4v) is 3.78. The Morgan fingerprint density at radius 2 is 2.09 bits per heavy atom. The number of amides is 1. The number of aliphatic imine (C=N–C) groups is 1. The molecule has 0 saturated heterocycles. The van der Waals surface area contributed by atoms with Gasteiger partial charge in [-0.05, 0) is 47.4 Å². The van der Waals surface area contributed by atoms with Crippen LogP contribution in [-0.2, 0) is 9.63 Å². The van der Waals surface area contributed by atoms with E-state index in [1.54, 1.807) is 0 Å². The Balaban J connectivity index is 1.94. The van der Waals surface area contributed by atoms with E-state index in [4.69, 9.17) is 16.0 Å². The summed E-state index contributed by atoms with van der Waals surface area (Å²) in [7, 11) is 1.54. The third-order valence-corrected chi connectivity index (χ3v) is 5.66. The van der Waals surface area contributed by atoms with Crippen molar-refractivity contribution in [2.45, 2.75) is 12.4 Å². The molecule has 32 heavy (non-hydrogen) atoms. The van der Waals surface area contributed by atoms with Crippen LogP contribution in [0.2, 0.25) is 0 Å². The van der Waals surface area contributed by atoms with E-state index in [2.05, 4.69) is 26.5 Å². The van der Waals surface area contributed by atoms with Crippen LogP contribution in [0.15, 0.2) is 52.6 Å². The number of hydrazine groups is 1. The quantitative estimate of drug-likeness (QED) is 0.221. The number of nitrogens with two attached hydrogens (primary N) is 1. The third kappa shape index (κ3) is 5.38. The highest BCUT2D eigenvalue weighted by molar-refractivity contribution is 8.00. The van der Waals surface area contributed by atoms with Crippen LogP contribution in [-0.4, -0.2) is 36.3 Å². The summed E-state index contributed by atoms with van der Waals surface area (Å²) in [6.07, 6.45) is 2.69. The Labute approximate surface area is 189 Å². The molecule has 0 radical (unpaired) electrons. The second kappa shape index (κ2) is 10.7. The molecule has 1 amide bonds. The highest BCUT2D eigenvalue weighted by Crippen LogP contribution is 2.32. The van der Waals surface area contributed by atoms with Crippen LogP contribution < -0.4 is 22.1 Å². The maximum Gasteiger partial charge on any atom is 0.296 e. The fraction of sp³-hybridized carbons (Fsp3) is 0.190. The fourth-order valence-electron chi connectivity index (χ4n) is 3.11. The van der Waals surface area contributed by atoms with E-state index in [0.29, 0.717) is 11.5 Å². The molecular weight excluding hydrogens is 430 g/mol. The molecule has 1 aliphatic heterocycles. The average molecular weight is 454 g/mol. The maximum atomic E-state index is 11.1. The number of anilines is 1. The predicted molar refractivity (Wildman–Crippen MR) is 128 cm³/mol. The zero-order valence-electron chi connectivity index (χ0n) is 17.5. The van der Waals surface area contributed by atoms with E-state index >= 15 is 0 Å². The summed E-state index contributed by atoms with van der Waals surface area (Å²) in [4.78, 5) is 31.1. The van der Waals surface area contributed by atoms with Gasteiger partial charge in [0.05, 0.1) is 18.6 Å². The van der Waals surface area contributed by atoms with Crippen molar-refractivity contribution in [3.05, 3.63) is 64.1 Å². The monoisotopic (exact) mass is 453 g/mol. The summed E-state index contributed by atoms with van der Waals surface area (Å²) in [6, 6.07) is 11.6. The zero-order valence-corrected chi connectivity index (χ0v) is 18.3. The lowest BCUT2D eigenvalue weighted by atomic mass is 9.95. The standard InChI is InChI=1S/C21H23N7O3S/c1-12-16(13-3-5-14(6-4-13)17(23)7-8-22)9-15(10-18(12)28-31-2)20-24-21(26-25-20)32-11-19(29)27-30/h3-10,21-22,26,28H,11,23H2,1-2H3,(H,24,25)/b17-7-,22-8?. The van der Waals surface area contributed by atoms with Gasteiger partial charge >= 0.3 is 0 Å². The van der Waals surface area contributed by atoms with Crippen LogP contribution in [0.1, 0.15) is 16.7 Å². The van der Waals surface area contributed by atoms with E-state index in [0.717, 1.165) is 51.5 Å². The van der Waals surface area contributed by atoms with Crippen molar-refractivity contribution in [1.82, 2.24) is 10.9 Å². The minimum atomic E-state index is -0.732. The molecule has 0 spiro atoms. The molecule has 10 nitrogen and oxygen atoms in total. The minimum absolute atomic E-state index is 0.0584. The molecule has 0 fully saturated rings. The molecular formula is C21H23N7O3S. The molecule has 0 aliphatic carbocycles. The number of allylic oxidation sites excluding steroid dienone is 1. The largest absolute Gasteiger partial charge is 0.398 e. The lowest BCUT2D eigenvalue weighted by molar-refractivity contribution is -0.115. The molecule has 11 heteroatoms. The molecule has 2 aromatic carbocycles. The Morgan fingerprint density at radius 3 is 2.75 bits per heavy atom. The number of hydrogen-bond donors (Lipinski definition) is 5. The summed E-state index contributed by atoms with van der Waals surface area (Å²) < 4.78 is 0. The van der Waals surface area contributed by atoms with Crippen LogP contribution in [0.3, 0.4) is 0 Å². The van der Waals surface area contributed by atoms with Gasteiger partial charge in [-0.3, -0.25) is 15.1 Å². The molecule has 1 aliphatic rings. The van der Waals surface area contributed by atoms with Gasteiger partial charge < -0.3 is 16.6 Å². The molecule has 0 aromatic heterocycles. The molecule has 0 bridgehead atoms. The summed E-state index contributed by atoms with van der Waals surface area (Å²) in [5, 5.41) is 9.56. The number of amidine groups is 1. The van der Waals surface area contributed by atoms with Crippen LogP contribution >= 0.6 is 11.8 Å². The Morgan fingerprint density at radius 1 is 1.34 bits per heavy atom. The Hall–Kier alpha value is -3.54. The van der Waals surface area contributed by atoms with Crippen molar-refractivity contribution in [3.63, 3.8) is 0 Å². The molecule has 0 saturated carbocycles. The minimum Gasteiger partial charge on any atom is -0.398 e. The zero-order chi connectivity index (χ0) is 23.1. The lowest BCUT2D eigenvalue weighted by Gasteiger charge is -2.16. The van der Waals surface area contributed by atoms with Gasteiger partial charge in [-0.1, -0.05) is 24.3 Å². The summed E-state index contributed by atoms with van der Waals surface area (Å²) in [6.45, 7) is 1.98. The predicted octanol–water partition coefficient (Wildman–Crippen LogP) is 2.75. The number of rotatable bonds is 9. The first kappa shape index (κ1) is 23.1. The van der Waals surface area contributed by atoms with Crippen molar-refractivity contribution in [2.24, 2.45) is 15.9 Å². The molecule has 6 N–H and O–H groups in total. The number of carbonyl (C=O) groups excluding carboxylic acids is 1. The highest BCUT2D eigenvalue weighted by Gasteiger charge is 2.21. The third-order valence-electron chi connectivity index (χ3n) is 4.71. The van der Waals surface area contributed by atoms with Crippen molar-refractivity contribution in [3.8, 4) is 11.1 Å². The number of nitrogens with one attached hydrogen (secondary N) is 4. The van der Waals surface area contributed by atoms with E-state index in [9.17, 15) is 9.70 Å². The summed E-state index contributed by atoms with van der Waals surface area (Å²) >= 11 is 1.16. The van der Waals surface area contributed by atoms with Crippen molar-refractivity contribution in [1.29, 1.82) is 5.41 Å². The van der Waals surface area contributed by atoms with Gasteiger partial charge in [-0.25, -0.2) is 10.4 Å². The first-order chi connectivity index (χ1) is 15.5. The molecule has 166 valence electrons. The molecule has 1 unspecified atom stereocenters. The van der Waals surface area contributed by atoms with E-state index < -0.39 is 11.4 Å². The topological polar surface area (TPSA) is 154 Å². The van der Waals surface area contributed by atoms with Crippen molar-refractivity contribution < 1.29 is 9.63 Å². The van der Waals surface area contributed by atoms with Crippen LogP contribution in [0.4, 0.5) is 5.69 Å². The molecule has 3 rings (SSSR count). The van der Waals surface area contributed by atoms with Crippen LogP contribution in [0, 0.1) is 17.2 Å². The first-order valence-corrected chi connectivity index (χ1v) is 10.6. The number of thioether (sulfide) groups is 1. The number of carbonyl (C=O) groups is 1. The number of nitroso groups, excluding NO2 is 1. The molecule has 1 heterocycles. The number of nitrogens with zero attached hydrogens (tertiary/aromatic N) is 2. The molecule has 2 aromatic rings. The van der Waals surface area contributed by atoms with Gasteiger partial charge in [0.25, 0.3) is 5.91 Å². The highest BCUT2D eigenvalue weighted by atomic mass is 32.2. The smallest absolute Gasteiger partial charge is 0.296 e. The first-order valence-electron chi connectivity index (χ1n) is 9.55. The van der Waals surface area contributed by atoms with Crippen LogP contribution in [0.25, 0.3) is 16.8 Å². The van der Waals surface area contributed by atoms with Gasteiger partial charge in [0, 0.05) is 22.7 Å². The van der Waals surface area contributed by atoms with Gasteiger partial charge in [0.2, 0.25) is 0 Å². The number of benzene rings is 2. The van der Waals surface area contributed by atoms with Gasteiger partial charge in [-0.2, -0.15) is 0 Å². The van der Waals surface area contributed by atoms with Gasteiger partial charge in [0.15, 0.2) is 5.50 Å². The number of hydrogen-bond acceptors (Lipinski definition) is 10. The van der Waals surface area contributed by atoms with Gasteiger partial charge in [-0.15, -0.1) is 16.7 Å². The van der Waals surface area contributed by atoms with Crippen molar-refractivity contribution in [2.75, 3.05) is 18.3 Å². The van der Waals surface area contributed by atoms with Gasteiger partial charge in [0.1, 0.15) is 5.84 Å². The Kier molecular flexibility index (Phi) is 7.71. The van der Waals surface area contributed by atoms with E-state index in [-0.39, 0.29) is 5.75 Å². The second-order valence-electron chi connectivity index (χ2n) is 6.76. The molecule has 1 atom stereocenters. The normalized spacial score (nSPS) is 15.6. The van der Waals surface area contributed by atoms with E-state index in [1.807, 2.05) is 43.3 Å².